The number of fused-ring (bicyclic) bond motifs is 1. The summed E-state index contributed by atoms with van der Waals surface area (Å²) in [6.45, 7) is 1.46. The lowest BCUT2D eigenvalue weighted by molar-refractivity contribution is 0.569. The molecule has 1 aliphatic heterocycles. The number of halogens is 2. The number of sulfone groups is 1. The minimum Gasteiger partial charge on any atom is -0.355 e. The summed E-state index contributed by atoms with van der Waals surface area (Å²) in [5.74, 6) is 0.432. The third-order valence-corrected chi connectivity index (χ3v) is 7.69. The molecule has 1 atom stereocenters. The monoisotopic (exact) mass is 460 g/mol. The summed E-state index contributed by atoms with van der Waals surface area (Å²) >= 11 is 12.2. The van der Waals surface area contributed by atoms with Crippen molar-refractivity contribution < 1.29 is 8.42 Å². The Bertz CT molecular complexity index is 1250. The first-order valence-corrected chi connectivity index (χ1v) is 11.8. The Hall–Kier alpha value is -2.40. The van der Waals surface area contributed by atoms with E-state index in [0.717, 1.165) is 32.4 Å². The zero-order chi connectivity index (χ0) is 21.3. The van der Waals surface area contributed by atoms with Crippen LogP contribution in [0.25, 0.3) is 11.0 Å². The maximum Gasteiger partial charge on any atom is 0.202 e. The van der Waals surface area contributed by atoms with Gasteiger partial charge in [0.2, 0.25) is 9.84 Å². The number of hydrogen-bond acceptors (Lipinski definition) is 6. The molecule has 3 aromatic rings. The minimum atomic E-state index is -4.19. The van der Waals surface area contributed by atoms with Crippen LogP contribution in [0.1, 0.15) is 30.2 Å². The van der Waals surface area contributed by atoms with Crippen LogP contribution in [0.3, 0.4) is 0 Å². The van der Waals surface area contributed by atoms with Crippen LogP contribution in [0.4, 0.5) is 5.82 Å². The van der Waals surface area contributed by atoms with Crippen LogP contribution in [-0.2, 0) is 9.84 Å². The average molecular weight is 461 g/mol. The number of aromatic nitrogens is 2. The van der Waals surface area contributed by atoms with Gasteiger partial charge in [0.1, 0.15) is 5.69 Å². The molecule has 30 heavy (non-hydrogen) atoms. The first-order valence-electron chi connectivity index (χ1n) is 9.52. The van der Waals surface area contributed by atoms with Crippen LogP contribution in [-0.4, -0.2) is 31.5 Å². The molecule has 0 aliphatic carbocycles. The van der Waals surface area contributed by atoms with Crippen molar-refractivity contribution in [2.24, 2.45) is 0 Å². The third kappa shape index (κ3) is 3.83. The predicted octanol–water partition coefficient (Wildman–Crippen LogP) is 4.97. The lowest BCUT2D eigenvalue weighted by atomic mass is 10.1. The highest BCUT2D eigenvalue weighted by molar-refractivity contribution is 7.92. The largest absolute Gasteiger partial charge is 0.355 e. The fourth-order valence-corrected chi connectivity index (χ4v) is 5.77. The number of hydrogen-bond donors (Lipinski definition) is 0. The summed E-state index contributed by atoms with van der Waals surface area (Å²) in [7, 11) is -4.19. The molecule has 0 N–H and O–H groups in total. The predicted molar refractivity (Wildman–Crippen MR) is 118 cm³/mol. The Balaban J connectivity index is 1.93. The molecule has 2 aromatic carbocycles. The van der Waals surface area contributed by atoms with Crippen molar-refractivity contribution in [1.82, 2.24) is 9.97 Å². The number of anilines is 1. The standard InChI is InChI=1S/C21H18Cl2N4O2S/c22-14-8-9-15(23)18(12-14)30(28,29)19(13-24)20-21(27-10-4-1-5-11-27)26-17-7-3-2-6-16(17)25-20/h2-3,6-9,12,19H,1,4-5,10-11H2/t19-/m1/s1. The van der Waals surface area contributed by atoms with E-state index in [1.807, 2.05) is 23.1 Å². The van der Waals surface area contributed by atoms with E-state index in [1.165, 1.54) is 18.2 Å². The molecule has 0 saturated carbocycles. The van der Waals surface area contributed by atoms with Gasteiger partial charge in [0.25, 0.3) is 0 Å². The molecule has 1 saturated heterocycles. The van der Waals surface area contributed by atoms with Gasteiger partial charge < -0.3 is 4.90 Å². The van der Waals surface area contributed by atoms with E-state index in [9.17, 15) is 13.7 Å². The SMILES string of the molecule is N#C[C@H](c1nc2ccccc2nc1N1CCCCC1)S(=O)(=O)c1cc(Cl)ccc1Cl. The molecule has 1 fully saturated rings. The summed E-state index contributed by atoms with van der Waals surface area (Å²) in [6.07, 6.45) is 3.04. The number of nitriles is 1. The van der Waals surface area contributed by atoms with Crippen molar-refractivity contribution in [3.63, 3.8) is 0 Å². The Kier molecular flexibility index (Phi) is 5.83. The van der Waals surface area contributed by atoms with Gasteiger partial charge in [-0.3, -0.25) is 0 Å². The molecule has 0 amide bonds. The lowest BCUT2D eigenvalue weighted by Crippen LogP contribution is -2.32. The van der Waals surface area contributed by atoms with Crippen LogP contribution in [0, 0.1) is 11.3 Å². The highest BCUT2D eigenvalue weighted by atomic mass is 35.5. The minimum absolute atomic E-state index is 0.00733. The van der Waals surface area contributed by atoms with E-state index in [1.54, 1.807) is 12.1 Å². The molecule has 1 aliphatic rings. The van der Waals surface area contributed by atoms with Crippen LogP contribution in [0.2, 0.25) is 10.0 Å². The Morgan fingerprint density at radius 2 is 1.67 bits per heavy atom. The van der Waals surface area contributed by atoms with Crippen LogP contribution < -0.4 is 4.90 Å². The van der Waals surface area contributed by atoms with Crippen molar-refractivity contribution >= 4 is 49.9 Å². The fourth-order valence-electron chi connectivity index (χ4n) is 3.62. The Labute approximate surface area is 185 Å². The number of nitrogens with zero attached hydrogens (tertiary/aromatic N) is 4. The first kappa shape index (κ1) is 20.9. The second-order valence-corrected chi connectivity index (χ2v) is 9.94. The molecule has 6 nitrogen and oxygen atoms in total. The van der Waals surface area contributed by atoms with E-state index in [-0.39, 0.29) is 20.6 Å². The van der Waals surface area contributed by atoms with Crippen molar-refractivity contribution in [3.8, 4) is 6.07 Å². The highest BCUT2D eigenvalue weighted by Crippen LogP contribution is 2.37. The van der Waals surface area contributed by atoms with Gasteiger partial charge in [-0.25, -0.2) is 18.4 Å². The first-order chi connectivity index (χ1) is 14.4. The molecule has 9 heteroatoms. The second-order valence-electron chi connectivity index (χ2n) is 7.10. The zero-order valence-electron chi connectivity index (χ0n) is 15.9. The number of para-hydroxylation sites is 2. The van der Waals surface area contributed by atoms with Crippen molar-refractivity contribution in [3.05, 3.63) is 58.2 Å². The van der Waals surface area contributed by atoms with Gasteiger partial charge in [0.15, 0.2) is 11.1 Å². The highest BCUT2D eigenvalue weighted by Gasteiger charge is 2.36. The summed E-state index contributed by atoms with van der Waals surface area (Å²) in [4.78, 5) is 11.1. The van der Waals surface area contributed by atoms with Crippen molar-refractivity contribution in [2.45, 2.75) is 29.4 Å². The smallest absolute Gasteiger partial charge is 0.202 e. The number of benzene rings is 2. The molecule has 0 radical (unpaired) electrons. The van der Waals surface area contributed by atoms with Crippen LogP contribution in [0.15, 0.2) is 47.4 Å². The van der Waals surface area contributed by atoms with E-state index >= 15 is 0 Å². The normalized spacial score (nSPS) is 15.7. The molecule has 0 bridgehead atoms. The van der Waals surface area contributed by atoms with Gasteiger partial charge in [-0.1, -0.05) is 35.3 Å². The van der Waals surface area contributed by atoms with E-state index in [2.05, 4.69) is 4.98 Å². The maximum atomic E-state index is 13.5. The number of rotatable bonds is 4. The molecule has 0 spiro atoms. The Morgan fingerprint density at radius 1 is 1.00 bits per heavy atom. The van der Waals surface area contributed by atoms with Crippen molar-refractivity contribution in [2.75, 3.05) is 18.0 Å². The average Bonchev–Trinajstić information content (AvgIpc) is 2.76. The molecular weight excluding hydrogens is 443 g/mol. The van der Waals surface area contributed by atoms with Crippen molar-refractivity contribution in [1.29, 1.82) is 5.26 Å². The molecule has 1 aromatic heterocycles. The van der Waals surface area contributed by atoms with E-state index in [4.69, 9.17) is 28.2 Å². The quantitative estimate of drug-likeness (QED) is 0.546. The summed E-state index contributed by atoms with van der Waals surface area (Å²) in [5.41, 5.74) is 1.30. The molecule has 0 unspecified atom stereocenters. The molecule has 154 valence electrons. The van der Waals surface area contributed by atoms with Crippen LogP contribution >= 0.6 is 23.2 Å². The van der Waals surface area contributed by atoms with Gasteiger partial charge >= 0.3 is 0 Å². The zero-order valence-corrected chi connectivity index (χ0v) is 18.3. The number of piperidine rings is 1. The van der Waals surface area contributed by atoms with Gasteiger partial charge in [0, 0.05) is 18.1 Å². The molecule has 4 rings (SSSR count). The van der Waals surface area contributed by atoms with Crippen LogP contribution in [0.5, 0.6) is 0 Å². The Morgan fingerprint density at radius 3 is 2.33 bits per heavy atom. The molecule has 2 heterocycles. The van der Waals surface area contributed by atoms with E-state index in [0.29, 0.717) is 16.9 Å². The lowest BCUT2D eigenvalue weighted by Gasteiger charge is -2.30. The fraction of sp³-hybridized carbons (Fsp3) is 0.286. The molecular formula is C21H18Cl2N4O2S. The van der Waals surface area contributed by atoms with Gasteiger partial charge in [-0.2, -0.15) is 5.26 Å². The summed E-state index contributed by atoms with van der Waals surface area (Å²) < 4.78 is 26.9. The second kappa shape index (κ2) is 8.38. The van der Waals surface area contributed by atoms with Gasteiger partial charge in [-0.05, 0) is 49.6 Å². The topological polar surface area (TPSA) is 86.9 Å². The van der Waals surface area contributed by atoms with Gasteiger partial charge in [0.05, 0.1) is 27.0 Å². The van der Waals surface area contributed by atoms with E-state index < -0.39 is 15.1 Å². The maximum absolute atomic E-state index is 13.5. The summed E-state index contributed by atoms with van der Waals surface area (Å²) in [6, 6.07) is 13.3. The summed E-state index contributed by atoms with van der Waals surface area (Å²) in [5, 5.41) is 8.60. The third-order valence-electron chi connectivity index (χ3n) is 5.11. The van der Waals surface area contributed by atoms with Gasteiger partial charge in [-0.15, -0.1) is 0 Å².